The fourth-order valence-corrected chi connectivity index (χ4v) is 2.98. The fraction of sp³-hybridized carbons (Fsp3) is 0.188. The summed E-state index contributed by atoms with van der Waals surface area (Å²) in [7, 11) is 0. The molecule has 0 radical (unpaired) electrons. The van der Waals surface area contributed by atoms with Gasteiger partial charge in [-0.25, -0.2) is 15.0 Å². The minimum Gasteiger partial charge on any atom is -0.466 e. The second kappa shape index (κ2) is 7.60. The third-order valence-electron chi connectivity index (χ3n) is 3.00. The first kappa shape index (κ1) is 16.0. The molecule has 3 rings (SSSR count). The van der Waals surface area contributed by atoms with Crippen LogP contribution in [0.15, 0.2) is 42.9 Å². The van der Waals surface area contributed by atoms with E-state index in [0.29, 0.717) is 29.1 Å². The number of anilines is 2. The Morgan fingerprint density at radius 1 is 1.17 bits per heavy atom. The molecule has 1 N–H and O–H groups in total. The highest BCUT2D eigenvalue weighted by Gasteiger charge is 2.18. The zero-order valence-corrected chi connectivity index (χ0v) is 13.8. The van der Waals surface area contributed by atoms with Crippen LogP contribution in [0.25, 0.3) is 11.4 Å². The van der Waals surface area contributed by atoms with Crippen molar-refractivity contribution < 1.29 is 9.53 Å². The normalized spacial score (nSPS) is 10.4. The van der Waals surface area contributed by atoms with Crippen molar-refractivity contribution in [3.05, 3.63) is 47.7 Å². The third-order valence-corrected chi connectivity index (χ3v) is 3.97. The molecule has 0 spiro atoms. The molecule has 7 nitrogen and oxygen atoms in total. The monoisotopic (exact) mass is 341 g/mol. The van der Waals surface area contributed by atoms with Gasteiger partial charge in [-0.2, -0.15) is 0 Å². The number of ether oxygens (including phenoxy) is 1. The van der Waals surface area contributed by atoms with Crippen molar-refractivity contribution >= 4 is 28.4 Å². The zero-order valence-electron chi connectivity index (χ0n) is 13.0. The largest absolute Gasteiger partial charge is 0.466 e. The van der Waals surface area contributed by atoms with Crippen molar-refractivity contribution in [2.45, 2.75) is 13.3 Å². The summed E-state index contributed by atoms with van der Waals surface area (Å²) in [5, 5.41) is 3.64. The Hall–Kier alpha value is -2.87. The minimum atomic E-state index is -0.291. The number of nitrogens with zero attached hydrogens (tertiary/aromatic N) is 4. The molecule has 3 aromatic heterocycles. The number of esters is 1. The van der Waals surface area contributed by atoms with Crippen molar-refractivity contribution in [3.8, 4) is 11.4 Å². The van der Waals surface area contributed by atoms with E-state index >= 15 is 0 Å². The summed E-state index contributed by atoms with van der Waals surface area (Å²) in [5.41, 5.74) is 1.36. The van der Waals surface area contributed by atoms with Crippen molar-refractivity contribution in [1.82, 2.24) is 19.9 Å². The van der Waals surface area contributed by atoms with Crippen molar-refractivity contribution in [2.75, 3.05) is 11.9 Å². The minimum absolute atomic E-state index is 0.148. The molecular weight excluding hydrogens is 326 g/mol. The highest BCUT2D eigenvalue weighted by atomic mass is 32.1. The lowest BCUT2D eigenvalue weighted by Gasteiger charge is -2.01. The van der Waals surface area contributed by atoms with E-state index in [0.717, 1.165) is 4.88 Å². The van der Waals surface area contributed by atoms with E-state index in [4.69, 9.17) is 4.74 Å². The van der Waals surface area contributed by atoms with Gasteiger partial charge >= 0.3 is 5.97 Å². The smallest absolute Gasteiger partial charge is 0.311 e. The van der Waals surface area contributed by atoms with Gasteiger partial charge in [0.25, 0.3) is 0 Å². The van der Waals surface area contributed by atoms with Gasteiger partial charge in [0.1, 0.15) is 5.69 Å². The number of pyridine rings is 1. The highest BCUT2D eigenvalue weighted by Crippen LogP contribution is 2.31. The van der Waals surface area contributed by atoms with E-state index < -0.39 is 0 Å². The van der Waals surface area contributed by atoms with Gasteiger partial charge in [0.05, 0.1) is 18.7 Å². The molecule has 0 aliphatic rings. The standard InChI is InChI=1S/C16H15N5O2S/c1-2-23-13(22)10-12-14(11-6-3-4-7-17-11)20-16(24-12)21-15-18-8-5-9-19-15/h3-9H,2,10H2,1H3,(H,18,19,20,21). The second-order valence-corrected chi connectivity index (χ2v) is 5.77. The third kappa shape index (κ3) is 3.90. The zero-order chi connectivity index (χ0) is 16.8. The summed E-state index contributed by atoms with van der Waals surface area (Å²) in [4.78, 5) is 29.7. The topological polar surface area (TPSA) is 89.9 Å². The van der Waals surface area contributed by atoms with E-state index in [1.165, 1.54) is 11.3 Å². The maximum absolute atomic E-state index is 11.9. The molecule has 0 amide bonds. The van der Waals surface area contributed by atoms with Crippen LogP contribution in [0.4, 0.5) is 11.1 Å². The van der Waals surface area contributed by atoms with Crippen LogP contribution in [-0.2, 0) is 16.0 Å². The summed E-state index contributed by atoms with van der Waals surface area (Å²) in [6, 6.07) is 7.30. The number of hydrogen-bond donors (Lipinski definition) is 1. The molecule has 3 aromatic rings. The molecule has 8 heteroatoms. The van der Waals surface area contributed by atoms with E-state index in [-0.39, 0.29) is 12.4 Å². The number of carbonyl (C=O) groups is 1. The lowest BCUT2D eigenvalue weighted by Crippen LogP contribution is -2.07. The second-order valence-electron chi connectivity index (χ2n) is 4.68. The first-order valence-corrected chi connectivity index (χ1v) is 8.18. The quantitative estimate of drug-likeness (QED) is 0.689. The predicted octanol–water partition coefficient (Wildman–Crippen LogP) is 2.84. The highest BCUT2D eigenvalue weighted by molar-refractivity contribution is 7.16. The Morgan fingerprint density at radius 3 is 2.67 bits per heavy atom. The van der Waals surface area contributed by atoms with E-state index in [9.17, 15) is 4.79 Å². The average Bonchev–Trinajstić information content (AvgIpc) is 2.99. The maximum Gasteiger partial charge on any atom is 0.311 e. The van der Waals surface area contributed by atoms with Crippen LogP contribution >= 0.6 is 11.3 Å². The Kier molecular flexibility index (Phi) is 5.07. The lowest BCUT2D eigenvalue weighted by atomic mass is 10.2. The molecule has 3 heterocycles. The maximum atomic E-state index is 11.9. The molecule has 0 aliphatic heterocycles. The Morgan fingerprint density at radius 2 is 1.96 bits per heavy atom. The van der Waals surface area contributed by atoms with Crippen LogP contribution in [0, 0.1) is 0 Å². The first-order valence-electron chi connectivity index (χ1n) is 7.37. The predicted molar refractivity (Wildman–Crippen MR) is 91.0 cm³/mol. The van der Waals surface area contributed by atoms with E-state index in [1.54, 1.807) is 31.6 Å². The molecule has 0 aliphatic carbocycles. The van der Waals surface area contributed by atoms with Crippen LogP contribution in [0.2, 0.25) is 0 Å². The van der Waals surface area contributed by atoms with Crippen LogP contribution < -0.4 is 5.32 Å². The molecule has 24 heavy (non-hydrogen) atoms. The number of aromatic nitrogens is 4. The lowest BCUT2D eigenvalue weighted by molar-refractivity contribution is -0.142. The van der Waals surface area contributed by atoms with E-state index in [1.807, 2.05) is 18.2 Å². The van der Waals surface area contributed by atoms with Gasteiger partial charge in [0, 0.05) is 23.5 Å². The van der Waals surface area contributed by atoms with Gasteiger partial charge in [-0.1, -0.05) is 6.07 Å². The molecule has 0 unspecified atom stereocenters. The Balaban J connectivity index is 1.91. The molecule has 0 bridgehead atoms. The van der Waals surface area contributed by atoms with Crippen LogP contribution in [0.1, 0.15) is 11.8 Å². The summed E-state index contributed by atoms with van der Waals surface area (Å²) < 4.78 is 5.04. The number of thiazole rings is 1. The summed E-state index contributed by atoms with van der Waals surface area (Å²) >= 11 is 1.36. The molecule has 0 saturated carbocycles. The Labute approximate surface area is 142 Å². The Bertz CT molecular complexity index is 808. The summed E-state index contributed by atoms with van der Waals surface area (Å²) in [6.45, 7) is 2.13. The SMILES string of the molecule is CCOC(=O)Cc1sc(Nc2ncccn2)nc1-c1ccccn1. The average molecular weight is 341 g/mol. The van der Waals surface area contributed by atoms with Gasteiger partial charge in [0.15, 0.2) is 5.13 Å². The van der Waals surface area contributed by atoms with Crippen LogP contribution in [0.5, 0.6) is 0 Å². The number of nitrogens with one attached hydrogen (secondary N) is 1. The van der Waals surface area contributed by atoms with Gasteiger partial charge < -0.3 is 10.1 Å². The molecule has 0 fully saturated rings. The van der Waals surface area contributed by atoms with Crippen molar-refractivity contribution in [2.24, 2.45) is 0 Å². The fourth-order valence-electron chi connectivity index (χ4n) is 2.03. The van der Waals surface area contributed by atoms with Gasteiger partial charge in [-0.3, -0.25) is 9.78 Å². The summed E-state index contributed by atoms with van der Waals surface area (Å²) in [6.07, 6.45) is 5.12. The molecule has 0 atom stereocenters. The van der Waals surface area contributed by atoms with Gasteiger partial charge in [-0.05, 0) is 25.1 Å². The van der Waals surface area contributed by atoms with Gasteiger partial charge in [0.2, 0.25) is 5.95 Å². The summed E-state index contributed by atoms with van der Waals surface area (Å²) in [5.74, 6) is 0.155. The van der Waals surface area contributed by atoms with E-state index in [2.05, 4.69) is 25.3 Å². The van der Waals surface area contributed by atoms with Crippen molar-refractivity contribution in [3.63, 3.8) is 0 Å². The van der Waals surface area contributed by atoms with Crippen LogP contribution in [-0.4, -0.2) is 32.5 Å². The first-order chi connectivity index (χ1) is 11.8. The number of carbonyl (C=O) groups excluding carboxylic acids is 1. The molecule has 122 valence electrons. The molecular formula is C16H15N5O2S. The molecule has 0 saturated heterocycles. The van der Waals surface area contributed by atoms with Crippen LogP contribution in [0.3, 0.4) is 0 Å². The molecule has 0 aromatic carbocycles. The number of hydrogen-bond acceptors (Lipinski definition) is 8. The van der Waals surface area contributed by atoms with Gasteiger partial charge in [-0.15, -0.1) is 11.3 Å². The van der Waals surface area contributed by atoms with Crippen molar-refractivity contribution in [1.29, 1.82) is 0 Å². The number of rotatable bonds is 6.